The van der Waals surface area contributed by atoms with Gasteiger partial charge in [0, 0.05) is 49.0 Å². The highest BCUT2D eigenvalue weighted by molar-refractivity contribution is 5.59. The summed E-state index contributed by atoms with van der Waals surface area (Å²) in [7, 11) is 0. The number of aromatic nitrogens is 2. The van der Waals surface area contributed by atoms with Gasteiger partial charge >= 0.3 is 0 Å². The van der Waals surface area contributed by atoms with E-state index in [2.05, 4.69) is 10.4 Å². The Kier molecular flexibility index (Phi) is 4.87. The molecule has 2 aromatic rings. The van der Waals surface area contributed by atoms with E-state index in [0.717, 1.165) is 30.9 Å². The zero-order valence-corrected chi connectivity index (χ0v) is 12.0. The number of hydrogen-bond acceptors (Lipinski definition) is 4. The van der Waals surface area contributed by atoms with E-state index in [9.17, 15) is 0 Å². The molecule has 0 fully saturated rings. The molecule has 1 aromatic heterocycles. The third-order valence-corrected chi connectivity index (χ3v) is 2.75. The number of nitrogens with one attached hydrogen (secondary N) is 1. The second-order valence-electron chi connectivity index (χ2n) is 5.01. The molecule has 0 aliphatic rings. The highest BCUT2D eigenvalue weighted by Gasteiger charge is 2.02. The highest BCUT2D eigenvalue weighted by atomic mass is 16.5. The number of benzene rings is 1. The van der Waals surface area contributed by atoms with Gasteiger partial charge in [0.15, 0.2) is 0 Å². The van der Waals surface area contributed by atoms with Gasteiger partial charge in [-0.1, -0.05) is 0 Å². The Balaban J connectivity index is 1.84. The minimum absolute atomic E-state index is 0.143. The van der Waals surface area contributed by atoms with Crippen molar-refractivity contribution in [1.82, 2.24) is 9.78 Å². The summed E-state index contributed by atoms with van der Waals surface area (Å²) in [5.74, 6) is 0.801. The molecule has 2 rings (SSSR count). The lowest BCUT2D eigenvalue weighted by molar-refractivity contribution is 0.242. The molecule has 0 saturated heterocycles. The average Bonchev–Trinajstić information content (AvgIpc) is 2.86. The Labute approximate surface area is 119 Å². The van der Waals surface area contributed by atoms with E-state index >= 15 is 0 Å². The third kappa shape index (κ3) is 4.50. The molecular weight excluding hydrogens is 252 g/mol. The first kappa shape index (κ1) is 14.2. The number of rotatable bonds is 7. The summed E-state index contributed by atoms with van der Waals surface area (Å²) in [6.07, 6.45) is 4.90. The Morgan fingerprint density at radius 2 is 2.20 bits per heavy atom. The molecule has 3 N–H and O–H groups in total. The van der Waals surface area contributed by atoms with Crippen LogP contribution in [0.5, 0.6) is 5.75 Å². The predicted octanol–water partition coefficient (Wildman–Crippen LogP) is 2.75. The molecule has 1 aromatic carbocycles. The van der Waals surface area contributed by atoms with Crippen LogP contribution in [0.2, 0.25) is 0 Å². The van der Waals surface area contributed by atoms with E-state index in [1.54, 1.807) is 6.20 Å². The van der Waals surface area contributed by atoms with Gasteiger partial charge in [0.05, 0.1) is 6.10 Å². The van der Waals surface area contributed by atoms with Crippen molar-refractivity contribution in [2.75, 3.05) is 17.6 Å². The molecule has 0 bridgehead atoms. The van der Waals surface area contributed by atoms with E-state index in [1.165, 1.54) is 0 Å². The van der Waals surface area contributed by atoms with Gasteiger partial charge in [-0.3, -0.25) is 4.68 Å². The van der Waals surface area contributed by atoms with Crippen LogP contribution in [0.3, 0.4) is 0 Å². The van der Waals surface area contributed by atoms with Gasteiger partial charge in [-0.05, 0) is 32.4 Å². The fraction of sp³-hybridized carbons (Fsp3) is 0.400. The average molecular weight is 274 g/mol. The lowest BCUT2D eigenvalue weighted by atomic mass is 10.2. The maximum atomic E-state index is 5.88. The minimum Gasteiger partial charge on any atom is -0.491 e. The predicted molar refractivity (Wildman–Crippen MR) is 82.0 cm³/mol. The minimum atomic E-state index is 0.143. The van der Waals surface area contributed by atoms with Crippen LogP contribution in [-0.2, 0) is 6.54 Å². The van der Waals surface area contributed by atoms with Gasteiger partial charge in [0.1, 0.15) is 5.75 Å². The van der Waals surface area contributed by atoms with Crippen molar-refractivity contribution in [1.29, 1.82) is 0 Å². The summed E-state index contributed by atoms with van der Waals surface area (Å²) in [6, 6.07) is 7.67. The maximum Gasteiger partial charge on any atom is 0.123 e. The van der Waals surface area contributed by atoms with Gasteiger partial charge in [0.2, 0.25) is 0 Å². The second-order valence-corrected chi connectivity index (χ2v) is 5.01. The Morgan fingerprint density at radius 1 is 1.35 bits per heavy atom. The lowest BCUT2D eigenvalue weighted by Gasteiger charge is -2.13. The monoisotopic (exact) mass is 274 g/mol. The molecule has 0 unspecified atom stereocenters. The molecule has 0 radical (unpaired) electrons. The number of nitrogen functional groups attached to an aromatic ring is 1. The van der Waals surface area contributed by atoms with Gasteiger partial charge in [-0.15, -0.1) is 0 Å². The normalized spacial score (nSPS) is 10.8. The summed E-state index contributed by atoms with van der Waals surface area (Å²) in [6.45, 7) is 5.77. The van der Waals surface area contributed by atoms with Crippen molar-refractivity contribution in [2.45, 2.75) is 32.9 Å². The Morgan fingerprint density at radius 3 is 2.90 bits per heavy atom. The van der Waals surface area contributed by atoms with Crippen molar-refractivity contribution < 1.29 is 4.74 Å². The van der Waals surface area contributed by atoms with Gasteiger partial charge in [-0.2, -0.15) is 5.10 Å². The number of nitrogens with two attached hydrogens (primary N) is 1. The summed E-state index contributed by atoms with van der Waals surface area (Å²) in [4.78, 5) is 0. The summed E-state index contributed by atoms with van der Waals surface area (Å²) in [5, 5.41) is 7.53. The molecule has 0 spiro atoms. The fourth-order valence-electron chi connectivity index (χ4n) is 1.97. The van der Waals surface area contributed by atoms with E-state index in [1.807, 2.05) is 49.0 Å². The quantitative estimate of drug-likeness (QED) is 0.602. The first-order valence-electron chi connectivity index (χ1n) is 6.92. The van der Waals surface area contributed by atoms with Crippen LogP contribution in [0.15, 0.2) is 36.7 Å². The van der Waals surface area contributed by atoms with E-state index < -0.39 is 0 Å². The molecule has 0 saturated carbocycles. The van der Waals surface area contributed by atoms with Crippen molar-refractivity contribution >= 4 is 11.4 Å². The third-order valence-electron chi connectivity index (χ3n) is 2.75. The summed E-state index contributed by atoms with van der Waals surface area (Å²) in [5.41, 5.74) is 7.58. The van der Waals surface area contributed by atoms with Gasteiger partial charge in [0.25, 0.3) is 0 Å². The van der Waals surface area contributed by atoms with Crippen LogP contribution >= 0.6 is 0 Å². The Hall–Kier alpha value is -2.17. The first-order valence-corrected chi connectivity index (χ1v) is 6.92. The molecular formula is C15H22N4O. The van der Waals surface area contributed by atoms with Gasteiger partial charge in [-0.25, -0.2) is 0 Å². The molecule has 0 atom stereocenters. The summed E-state index contributed by atoms with van der Waals surface area (Å²) < 4.78 is 7.59. The lowest BCUT2D eigenvalue weighted by Crippen LogP contribution is -2.09. The van der Waals surface area contributed by atoms with Crippen LogP contribution < -0.4 is 15.8 Å². The fourth-order valence-corrected chi connectivity index (χ4v) is 1.97. The largest absolute Gasteiger partial charge is 0.491 e. The molecule has 5 heteroatoms. The smallest absolute Gasteiger partial charge is 0.123 e. The van der Waals surface area contributed by atoms with Gasteiger partial charge < -0.3 is 15.8 Å². The zero-order chi connectivity index (χ0) is 14.4. The number of hydrogen-bond donors (Lipinski definition) is 2. The molecule has 20 heavy (non-hydrogen) atoms. The second kappa shape index (κ2) is 6.84. The molecule has 0 aliphatic carbocycles. The van der Waals surface area contributed by atoms with Crippen LogP contribution in [0, 0.1) is 0 Å². The van der Waals surface area contributed by atoms with Crippen LogP contribution in [0.4, 0.5) is 11.4 Å². The summed E-state index contributed by atoms with van der Waals surface area (Å²) >= 11 is 0. The number of aryl methyl sites for hydroxylation is 1. The van der Waals surface area contributed by atoms with E-state index in [-0.39, 0.29) is 6.10 Å². The molecule has 0 aliphatic heterocycles. The molecule has 1 heterocycles. The molecule has 0 amide bonds. The van der Waals surface area contributed by atoms with E-state index in [4.69, 9.17) is 10.5 Å². The van der Waals surface area contributed by atoms with Crippen LogP contribution in [-0.4, -0.2) is 22.4 Å². The first-order chi connectivity index (χ1) is 9.63. The van der Waals surface area contributed by atoms with Crippen LogP contribution in [0.1, 0.15) is 20.3 Å². The highest BCUT2D eigenvalue weighted by Crippen LogP contribution is 2.23. The number of anilines is 2. The van der Waals surface area contributed by atoms with Crippen molar-refractivity contribution in [3.05, 3.63) is 36.7 Å². The molecule has 108 valence electrons. The molecule has 5 nitrogen and oxygen atoms in total. The van der Waals surface area contributed by atoms with Crippen molar-refractivity contribution in [2.24, 2.45) is 0 Å². The van der Waals surface area contributed by atoms with Crippen molar-refractivity contribution in [3.63, 3.8) is 0 Å². The maximum absolute atomic E-state index is 5.88. The zero-order valence-electron chi connectivity index (χ0n) is 12.0. The van der Waals surface area contributed by atoms with Crippen molar-refractivity contribution in [3.8, 4) is 5.75 Å². The number of nitrogens with zero attached hydrogens (tertiary/aromatic N) is 2. The SMILES string of the molecule is CC(C)Oc1cc(N)cc(NCCCn2cccn2)c1. The standard InChI is InChI=1S/C15H22N4O/c1-12(2)20-15-10-13(16)9-14(11-15)17-5-3-7-19-8-4-6-18-19/h4,6,8-12,17H,3,5,7,16H2,1-2H3. The Bertz CT molecular complexity index is 523. The van der Waals surface area contributed by atoms with Crippen LogP contribution in [0.25, 0.3) is 0 Å². The topological polar surface area (TPSA) is 65.1 Å². The number of ether oxygens (including phenoxy) is 1. The van der Waals surface area contributed by atoms with E-state index in [0.29, 0.717) is 5.69 Å².